The Morgan fingerprint density at radius 2 is 1.48 bits per heavy atom. The standard InChI is InChI=1S/C20H21NO2/c1-15-18(20(22-2)17-12-8-5-9-13-17)14-19(21(15)23-3)16-10-6-4-7-11-16/h4-14,20H,1-3H3. The minimum absolute atomic E-state index is 0.116. The zero-order chi connectivity index (χ0) is 16.2. The SMILES string of the molecule is COC(c1ccccc1)c1cc(-c2ccccc2)n(OC)c1C. The van der Waals surface area contributed by atoms with Crippen molar-refractivity contribution in [1.29, 1.82) is 0 Å². The first kappa shape index (κ1) is 15.4. The van der Waals surface area contributed by atoms with Crippen LogP contribution in [0, 0.1) is 6.92 Å². The van der Waals surface area contributed by atoms with E-state index in [9.17, 15) is 0 Å². The minimum atomic E-state index is -0.116. The van der Waals surface area contributed by atoms with Gasteiger partial charge >= 0.3 is 0 Å². The monoisotopic (exact) mass is 307 g/mol. The summed E-state index contributed by atoms with van der Waals surface area (Å²) in [7, 11) is 3.43. The number of rotatable bonds is 5. The molecule has 0 aliphatic carbocycles. The summed E-state index contributed by atoms with van der Waals surface area (Å²) < 4.78 is 7.64. The van der Waals surface area contributed by atoms with E-state index in [0.29, 0.717) is 0 Å². The summed E-state index contributed by atoms with van der Waals surface area (Å²) in [6, 6.07) is 22.6. The van der Waals surface area contributed by atoms with E-state index in [-0.39, 0.29) is 6.10 Å². The molecule has 1 heterocycles. The van der Waals surface area contributed by atoms with E-state index in [0.717, 1.165) is 28.1 Å². The predicted molar refractivity (Wildman–Crippen MR) is 92.4 cm³/mol. The van der Waals surface area contributed by atoms with E-state index in [1.165, 1.54) is 0 Å². The summed E-state index contributed by atoms with van der Waals surface area (Å²) in [5, 5.41) is 0. The summed E-state index contributed by atoms with van der Waals surface area (Å²) in [6.45, 7) is 2.06. The van der Waals surface area contributed by atoms with E-state index in [4.69, 9.17) is 9.57 Å². The van der Waals surface area contributed by atoms with Crippen molar-refractivity contribution < 1.29 is 9.57 Å². The average Bonchev–Trinajstić information content (AvgIpc) is 2.94. The molecule has 0 radical (unpaired) electrons. The zero-order valence-corrected chi connectivity index (χ0v) is 13.7. The van der Waals surface area contributed by atoms with Gasteiger partial charge < -0.3 is 9.57 Å². The molecule has 3 aromatic rings. The fourth-order valence-electron chi connectivity index (χ4n) is 2.99. The number of hydrogen-bond donors (Lipinski definition) is 0. The third kappa shape index (κ3) is 2.88. The molecule has 0 spiro atoms. The Morgan fingerprint density at radius 1 is 0.870 bits per heavy atom. The molecule has 0 aliphatic rings. The van der Waals surface area contributed by atoms with Crippen LogP contribution in [0.1, 0.15) is 22.9 Å². The molecular weight excluding hydrogens is 286 g/mol. The van der Waals surface area contributed by atoms with Crippen LogP contribution < -0.4 is 4.84 Å². The zero-order valence-electron chi connectivity index (χ0n) is 13.7. The van der Waals surface area contributed by atoms with Crippen molar-refractivity contribution in [3.63, 3.8) is 0 Å². The third-order valence-corrected chi connectivity index (χ3v) is 4.11. The molecule has 0 saturated heterocycles. The van der Waals surface area contributed by atoms with Crippen molar-refractivity contribution in [1.82, 2.24) is 4.73 Å². The van der Waals surface area contributed by atoms with Crippen molar-refractivity contribution in [3.05, 3.63) is 83.6 Å². The number of ether oxygens (including phenoxy) is 1. The molecule has 0 amide bonds. The number of hydrogen-bond acceptors (Lipinski definition) is 2. The summed E-state index contributed by atoms with van der Waals surface area (Å²) in [4.78, 5) is 5.60. The quantitative estimate of drug-likeness (QED) is 0.703. The van der Waals surface area contributed by atoms with Crippen molar-refractivity contribution in [2.45, 2.75) is 13.0 Å². The maximum atomic E-state index is 5.78. The lowest BCUT2D eigenvalue weighted by Gasteiger charge is -2.16. The Bertz CT molecular complexity index is 763. The first-order chi connectivity index (χ1) is 11.3. The Kier molecular flexibility index (Phi) is 4.49. The van der Waals surface area contributed by atoms with Gasteiger partial charge in [-0.2, -0.15) is 4.73 Å². The summed E-state index contributed by atoms with van der Waals surface area (Å²) >= 11 is 0. The van der Waals surface area contributed by atoms with Gasteiger partial charge in [0.2, 0.25) is 0 Å². The lowest BCUT2D eigenvalue weighted by atomic mass is 10.0. The van der Waals surface area contributed by atoms with Crippen LogP contribution in [0.4, 0.5) is 0 Å². The number of methoxy groups -OCH3 is 1. The first-order valence-corrected chi connectivity index (χ1v) is 7.66. The van der Waals surface area contributed by atoms with Crippen LogP contribution in [0.2, 0.25) is 0 Å². The molecule has 118 valence electrons. The molecule has 0 N–H and O–H groups in total. The van der Waals surface area contributed by atoms with Gasteiger partial charge in [0.15, 0.2) is 0 Å². The average molecular weight is 307 g/mol. The van der Waals surface area contributed by atoms with Crippen molar-refractivity contribution >= 4 is 0 Å². The molecular formula is C20H21NO2. The smallest absolute Gasteiger partial charge is 0.109 e. The van der Waals surface area contributed by atoms with Crippen molar-refractivity contribution in [3.8, 4) is 11.3 Å². The van der Waals surface area contributed by atoms with Gasteiger partial charge in [-0.25, -0.2) is 0 Å². The second-order valence-corrected chi connectivity index (χ2v) is 5.44. The third-order valence-electron chi connectivity index (χ3n) is 4.11. The van der Waals surface area contributed by atoms with Gasteiger partial charge in [0.1, 0.15) is 13.2 Å². The Balaban J connectivity index is 2.12. The lowest BCUT2D eigenvalue weighted by molar-refractivity contribution is 0.131. The maximum absolute atomic E-state index is 5.78. The van der Waals surface area contributed by atoms with Gasteiger partial charge in [0.25, 0.3) is 0 Å². The molecule has 1 unspecified atom stereocenters. The van der Waals surface area contributed by atoms with Gasteiger partial charge in [-0.15, -0.1) is 0 Å². The van der Waals surface area contributed by atoms with E-state index in [2.05, 4.69) is 37.3 Å². The second-order valence-electron chi connectivity index (χ2n) is 5.44. The largest absolute Gasteiger partial charge is 0.417 e. The van der Waals surface area contributed by atoms with Crippen LogP contribution in [0.3, 0.4) is 0 Å². The summed E-state index contributed by atoms with van der Waals surface area (Å²) in [6.07, 6.45) is -0.116. The second kappa shape index (κ2) is 6.71. The van der Waals surface area contributed by atoms with Gasteiger partial charge in [0.05, 0.1) is 11.4 Å². The van der Waals surface area contributed by atoms with Gasteiger partial charge in [0, 0.05) is 18.2 Å². The normalized spacial score (nSPS) is 12.1. The molecule has 1 aromatic heterocycles. The van der Waals surface area contributed by atoms with Crippen molar-refractivity contribution in [2.24, 2.45) is 0 Å². The number of benzene rings is 2. The molecule has 1 atom stereocenters. The van der Waals surface area contributed by atoms with Gasteiger partial charge in [-0.1, -0.05) is 60.7 Å². The topological polar surface area (TPSA) is 23.4 Å². The molecule has 0 bridgehead atoms. The van der Waals surface area contributed by atoms with Crippen LogP contribution in [-0.2, 0) is 4.74 Å². The lowest BCUT2D eigenvalue weighted by Crippen LogP contribution is -2.11. The Labute approximate surface area is 137 Å². The number of nitrogens with zero attached hydrogens (tertiary/aromatic N) is 1. The highest BCUT2D eigenvalue weighted by molar-refractivity contribution is 5.62. The van der Waals surface area contributed by atoms with Crippen LogP contribution in [-0.4, -0.2) is 19.0 Å². The van der Waals surface area contributed by atoms with Crippen LogP contribution in [0.5, 0.6) is 0 Å². The minimum Gasteiger partial charge on any atom is -0.417 e. The summed E-state index contributed by atoms with van der Waals surface area (Å²) in [5.74, 6) is 0. The molecule has 0 aliphatic heterocycles. The number of aromatic nitrogens is 1. The molecule has 3 nitrogen and oxygen atoms in total. The van der Waals surface area contributed by atoms with Gasteiger partial charge in [-0.3, -0.25) is 0 Å². The van der Waals surface area contributed by atoms with Gasteiger partial charge in [-0.05, 0) is 18.6 Å². The highest BCUT2D eigenvalue weighted by atomic mass is 16.6. The van der Waals surface area contributed by atoms with E-state index in [1.54, 1.807) is 14.2 Å². The van der Waals surface area contributed by atoms with Crippen LogP contribution in [0.25, 0.3) is 11.3 Å². The van der Waals surface area contributed by atoms with E-state index in [1.807, 2.05) is 41.1 Å². The molecule has 2 aromatic carbocycles. The van der Waals surface area contributed by atoms with Crippen LogP contribution in [0.15, 0.2) is 66.7 Å². The molecule has 3 rings (SSSR count). The fourth-order valence-corrected chi connectivity index (χ4v) is 2.99. The van der Waals surface area contributed by atoms with Crippen LogP contribution >= 0.6 is 0 Å². The van der Waals surface area contributed by atoms with Crippen molar-refractivity contribution in [2.75, 3.05) is 14.2 Å². The first-order valence-electron chi connectivity index (χ1n) is 7.66. The Morgan fingerprint density at radius 3 is 2.04 bits per heavy atom. The van der Waals surface area contributed by atoms with E-state index >= 15 is 0 Å². The summed E-state index contributed by atoms with van der Waals surface area (Å²) in [5.41, 5.74) is 5.43. The fraction of sp³-hybridized carbons (Fsp3) is 0.200. The molecule has 0 fully saturated rings. The highest BCUT2D eigenvalue weighted by Crippen LogP contribution is 2.33. The molecule has 3 heteroatoms. The van der Waals surface area contributed by atoms with E-state index < -0.39 is 0 Å². The Hall–Kier alpha value is -2.52. The molecule has 0 saturated carbocycles. The highest BCUT2D eigenvalue weighted by Gasteiger charge is 2.22. The molecule has 23 heavy (non-hydrogen) atoms. The maximum Gasteiger partial charge on any atom is 0.109 e. The predicted octanol–water partition coefficient (Wildman–Crippen LogP) is 4.26.